The van der Waals surface area contributed by atoms with Crippen LogP contribution in [0, 0.1) is 0 Å². The molecule has 1 aliphatic rings. The van der Waals surface area contributed by atoms with E-state index in [4.69, 9.17) is 10.5 Å². The number of rotatable bonds is 4. The normalized spacial score (nSPS) is 20.8. The Morgan fingerprint density at radius 1 is 1.42 bits per heavy atom. The van der Waals surface area contributed by atoms with Gasteiger partial charge in [0.05, 0.1) is 18.6 Å². The van der Waals surface area contributed by atoms with Crippen molar-refractivity contribution in [3.8, 4) is 0 Å². The lowest BCUT2D eigenvalue weighted by Crippen LogP contribution is -2.32. The average molecular weight is 262 g/mol. The predicted octanol–water partition coefficient (Wildman–Crippen LogP) is 2.41. The van der Waals surface area contributed by atoms with Gasteiger partial charge in [-0.1, -0.05) is 12.1 Å². The molecule has 1 aromatic carbocycles. The molecule has 1 fully saturated rings. The highest BCUT2D eigenvalue weighted by atomic mass is 16.5. The monoisotopic (exact) mass is 262 g/mol. The topological polar surface area (TPSA) is 64.3 Å². The van der Waals surface area contributed by atoms with Gasteiger partial charge >= 0.3 is 0 Å². The number of hydrogen-bond acceptors (Lipinski definition) is 3. The van der Waals surface area contributed by atoms with Gasteiger partial charge in [0.2, 0.25) is 5.91 Å². The molecule has 1 saturated heterocycles. The van der Waals surface area contributed by atoms with Crippen LogP contribution in [0.15, 0.2) is 24.3 Å². The number of nitrogen functional groups attached to an aromatic ring is 1. The van der Waals surface area contributed by atoms with Gasteiger partial charge in [-0.05, 0) is 43.9 Å². The summed E-state index contributed by atoms with van der Waals surface area (Å²) in [5, 5.41) is 3.00. The van der Waals surface area contributed by atoms with Crippen molar-refractivity contribution in [1.29, 1.82) is 0 Å². The second kappa shape index (κ2) is 6.57. The molecule has 1 aliphatic heterocycles. The molecule has 0 bridgehead atoms. The van der Waals surface area contributed by atoms with E-state index in [0.717, 1.165) is 37.1 Å². The van der Waals surface area contributed by atoms with Crippen LogP contribution in [0.1, 0.15) is 44.2 Å². The van der Waals surface area contributed by atoms with Crippen molar-refractivity contribution >= 4 is 11.6 Å². The number of nitrogens with one attached hydrogen (secondary N) is 1. The highest BCUT2D eigenvalue weighted by Gasteiger charge is 2.18. The zero-order valence-electron chi connectivity index (χ0n) is 11.4. The van der Waals surface area contributed by atoms with Gasteiger partial charge in [-0.2, -0.15) is 0 Å². The Balaban J connectivity index is 1.82. The van der Waals surface area contributed by atoms with Crippen LogP contribution < -0.4 is 11.1 Å². The van der Waals surface area contributed by atoms with Crippen LogP contribution in [0.4, 0.5) is 5.69 Å². The Hall–Kier alpha value is -1.55. The average Bonchev–Trinajstić information content (AvgIpc) is 2.40. The Kier molecular flexibility index (Phi) is 4.80. The zero-order valence-corrected chi connectivity index (χ0v) is 11.4. The first-order valence-electron chi connectivity index (χ1n) is 6.91. The summed E-state index contributed by atoms with van der Waals surface area (Å²) in [6.45, 7) is 2.76. The smallest absolute Gasteiger partial charge is 0.223 e. The van der Waals surface area contributed by atoms with Crippen LogP contribution in [0.2, 0.25) is 0 Å². The lowest BCUT2D eigenvalue weighted by atomic mass is 10.0. The third-order valence-corrected chi connectivity index (χ3v) is 3.50. The van der Waals surface area contributed by atoms with Crippen molar-refractivity contribution in [2.24, 2.45) is 0 Å². The Bertz CT molecular complexity index is 411. The van der Waals surface area contributed by atoms with Gasteiger partial charge < -0.3 is 15.8 Å². The molecule has 104 valence electrons. The molecule has 19 heavy (non-hydrogen) atoms. The molecular formula is C15H22N2O2. The molecule has 0 spiro atoms. The van der Waals surface area contributed by atoms with E-state index in [1.54, 1.807) is 0 Å². The largest absolute Gasteiger partial charge is 0.399 e. The molecular weight excluding hydrogens is 240 g/mol. The molecule has 2 atom stereocenters. The third kappa shape index (κ3) is 4.24. The number of hydrogen-bond donors (Lipinski definition) is 2. The summed E-state index contributed by atoms with van der Waals surface area (Å²) in [5.74, 6) is 0.0521. The van der Waals surface area contributed by atoms with E-state index in [-0.39, 0.29) is 18.1 Å². The molecule has 0 aromatic heterocycles. The van der Waals surface area contributed by atoms with Gasteiger partial charge in [-0.25, -0.2) is 0 Å². The minimum absolute atomic E-state index is 0.00306. The van der Waals surface area contributed by atoms with Crippen molar-refractivity contribution < 1.29 is 9.53 Å². The lowest BCUT2D eigenvalue weighted by molar-refractivity contribution is -0.125. The standard InChI is InChI=1S/C15H22N2O2/c1-11(12-5-7-13(16)8-6-12)17-15(18)10-14-4-2-3-9-19-14/h5-8,11,14H,2-4,9-10,16H2,1H3,(H,17,18). The fourth-order valence-corrected chi connectivity index (χ4v) is 2.34. The number of ether oxygens (including phenoxy) is 1. The highest BCUT2D eigenvalue weighted by molar-refractivity contribution is 5.77. The lowest BCUT2D eigenvalue weighted by Gasteiger charge is -2.23. The number of carbonyl (C=O) groups excluding carboxylic acids is 1. The van der Waals surface area contributed by atoms with Crippen LogP contribution in [-0.2, 0) is 9.53 Å². The van der Waals surface area contributed by atoms with E-state index in [1.807, 2.05) is 31.2 Å². The number of amides is 1. The van der Waals surface area contributed by atoms with Crippen LogP contribution in [0.25, 0.3) is 0 Å². The van der Waals surface area contributed by atoms with Gasteiger partial charge in [-0.3, -0.25) is 4.79 Å². The molecule has 1 heterocycles. The maximum absolute atomic E-state index is 11.9. The summed E-state index contributed by atoms with van der Waals surface area (Å²) >= 11 is 0. The van der Waals surface area contributed by atoms with E-state index in [1.165, 1.54) is 0 Å². The van der Waals surface area contributed by atoms with Crippen molar-refractivity contribution in [3.63, 3.8) is 0 Å². The quantitative estimate of drug-likeness (QED) is 0.819. The van der Waals surface area contributed by atoms with E-state index in [0.29, 0.717) is 6.42 Å². The minimum Gasteiger partial charge on any atom is -0.399 e. The molecule has 1 amide bonds. The highest BCUT2D eigenvalue weighted by Crippen LogP contribution is 2.17. The summed E-state index contributed by atoms with van der Waals surface area (Å²) < 4.78 is 5.57. The van der Waals surface area contributed by atoms with E-state index in [2.05, 4.69) is 5.32 Å². The summed E-state index contributed by atoms with van der Waals surface area (Å²) in [7, 11) is 0. The zero-order chi connectivity index (χ0) is 13.7. The van der Waals surface area contributed by atoms with Gasteiger partial charge in [0, 0.05) is 12.3 Å². The fourth-order valence-electron chi connectivity index (χ4n) is 2.34. The van der Waals surface area contributed by atoms with Crippen LogP contribution in [0.3, 0.4) is 0 Å². The van der Waals surface area contributed by atoms with E-state index >= 15 is 0 Å². The number of benzene rings is 1. The summed E-state index contributed by atoms with van der Waals surface area (Å²) in [6.07, 6.45) is 3.81. The van der Waals surface area contributed by atoms with Crippen LogP contribution >= 0.6 is 0 Å². The Morgan fingerprint density at radius 3 is 2.79 bits per heavy atom. The first kappa shape index (κ1) is 13.9. The van der Waals surface area contributed by atoms with Crippen LogP contribution in [-0.4, -0.2) is 18.6 Å². The van der Waals surface area contributed by atoms with E-state index in [9.17, 15) is 4.79 Å². The second-order valence-corrected chi connectivity index (χ2v) is 5.15. The first-order valence-corrected chi connectivity index (χ1v) is 6.91. The fraction of sp³-hybridized carbons (Fsp3) is 0.533. The number of nitrogens with two attached hydrogens (primary N) is 1. The summed E-state index contributed by atoms with van der Waals surface area (Å²) in [4.78, 5) is 11.9. The number of anilines is 1. The van der Waals surface area contributed by atoms with Crippen molar-refractivity contribution in [3.05, 3.63) is 29.8 Å². The summed E-state index contributed by atoms with van der Waals surface area (Å²) in [5.41, 5.74) is 7.44. The predicted molar refractivity (Wildman–Crippen MR) is 75.6 cm³/mol. The number of carbonyl (C=O) groups is 1. The maximum Gasteiger partial charge on any atom is 0.223 e. The van der Waals surface area contributed by atoms with Gasteiger partial charge in [0.1, 0.15) is 0 Å². The maximum atomic E-state index is 11.9. The molecule has 1 aromatic rings. The molecule has 4 heteroatoms. The molecule has 0 radical (unpaired) electrons. The van der Waals surface area contributed by atoms with Crippen molar-refractivity contribution in [1.82, 2.24) is 5.32 Å². The van der Waals surface area contributed by atoms with Crippen molar-refractivity contribution in [2.75, 3.05) is 12.3 Å². The Morgan fingerprint density at radius 2 is 2.16 bits per heavy atom. The molecule has 4 nitrogen and oxygen atoms in total. The second-order valence-electron chi connectivity index (χ2n) is 5.15. The molecule has 0 aliphatic carbocycles. The first-order chi connectivity index (χ1) is 9.15. The molecule has 2 rings (SSSR count). The van der Waals surface area contributed by atoms with Gasteiger partial charge in [0.15, 0.2) is 0 Å². The van der Waals surface area contributed by atoms with Crippen LogP contribution in [0.5, 0.6) is 0 Å². The molecule has 0 saturated carbocycles. The van der Waals surface area contributed by atoms with Crippen molar-refractivity contribution in [2.45, 2.75) is 44.8 Å². The third-order valence-electron chi connectivity index (χ3n) is 3.50. The minimum atomic E-state index is -0.00306. The Labute approximate surface area is 114 Å². The molecule has 2 unspecified atom stereocenters. The molecule has 3 N–H and O–H groups in total. The van der Waals surface area contributed by atoms with Gasteiger partial charge in [-0.15, -0.1) is 0 Å². The van der Waals surface area contributed by atoms with Gasteiger partial charge in [0.25, 0.3) is 0 Å². The summed E-state index contributed by atoms with van der Waals surface area (Å²) in [6, 6.07) is 7.58. The van der Waals surface area contributed by atoms with E-state index < -0.39 is 0 Å². The SMILES string of the molecule is CC(NC(=O)CC1CCCCO1)c1ccc(N)cc1.